The normalized spacial score (nSPS) is 41.6. The van der Waals surface area contributed by atoms with Crippen LogP contribution in [0.3, 0.4) is 0 Å². The van der Waals surface area contributed by atoms with Crippen LogP contribution >= 0.6 is 0 Å². The number of likely N-dealkylation sites (N-methyl/N-ethyl adjacent to an activating group) is 1. The molecule has 0 bridgehead atoms. The predicted octanol–water partition coefficient (Wildman–Crippen LogP) is 8.50. The topological polar surface area (TPSA) is 174 Å². The molecule has 0 radical (unpaired) electrons. The van der Waals surface area contributed by atoms with Gasteiger partial charge in [-0.15, -0.1) is 5.92 Å². The highest BCUT2D eigenvalue weighted by Crippen LogP contribution is 2.70. The van der Waals surface area contributed by atoms with Crippen LogP contribution in [0.5, 0.6) is 0 Å². The molecule has 1 aromatic rings. The fourth-order valence-corrected chi connectivity index (χ4v) is 16.7. The number of amides is 2. The molecule has 11 heteroatoms. The van der Waals surface area contributed by atoms with Crippen LogP contribution in [-0.4, -0.2) is 81.7 Å². The van der Waals surface area contributed by atoms with Gasteiger partial charge in [-0.1, -0.05) is 51.3 Å². The van der Waals surface area contributed by atoms with Gasteiger partial charge in [0.2, 0.25) is 5.91 Å². The SMILES string of the molecule is CC#C[C@]1(O)CC[C@H]2[C@@H]3CCC4=CC(=O)CCC4=C3[C@@H](c3ccc(N(C)C(=O)CNC(=O)O[C@H]4C[C@H]5[C@@H]([C@H](O)C[C@@H]6C[C@H](O)CC[C@@]65C)[C@@H]5CC[C@H]([C@H](C)CCC(=O)O)[C@@]45C)cc3)C[C@@]21C. The van der Waals surface area contributed by atoms with Gasteiger partial charge in [0.05, 0.1) is 12.2 Å². The van der Waals surface area contributed by atoms with Crippen molar-refractivity contribution in [3.05, 3.63) is 52.6 Å². The van der Waals surface area contributed by atoms with E-state index in [-0.39, 0.29) is 77.6 Å². The van der Waals surface area contributed by atoms with Crippen LogP contribution in [0.4, 0.5) is 10.5 Å². The minimum absolute atomic E-state index is 0.0285. The van der Waals surface area contributed by atoms with Crippen LogP contribution in [0, 0.1) is 75.4 Å². The Morgan fingerprint density at radius 1 is 0.939 bits per heavy atom. The molecule has 0 spiro atoms. The average molecular weight is 907 g/mol. The van der Waals surface area contributed by atoms with Crippen LogP contribution < -0.4 is 10.2 Å². The third kappa shape index (κ3) is 7.68. The summed E-state index contributed by atoms with van der Waals surface area (Å²) in [7, 11) is 1.71. The second kappa shape index (κ2) is 17.5. The number of hydrogen-bond donors (Lipinski definition) is 5. The third-order valence-corrected chi connectivity index (χ3v) is 20.2. The van der Waals surface area contributed by atoms with Crippen LogP contribution in [0.1, 0.15) is 149 Å². The zero-order chi connectivity index (χ0) is 47.1. The number of carbonyl (C=O) groups excluding carboxylic acids is 3. The number of carboxylic acids is 1. The maximum absolute atomic E-state index is 14.0. The monoisotopic (exact) mass is 907 g/mol. The number of allylic oxidation sites excluding steroid dienone is 4. The molecule has 6 fully saturated rings. The van der Waals surface area contributed by atoms with Crippen LogP contribution in [0.15, 0.2) is 47.1 Å². The average Bonchev–Trinajstić information content (AvgIpc) is 3.78. The first-order valence-corrected chi connectivity index (χ1v) is 25.3. The summed E-state index contributed by atoms with van der Waals surface area (Å²) in [5.74, 6) is 6.53. The molecule has 0 unspecified atom stereocenters. The predicted molar refractivity (Wildman–Crippen MR) is 251 cm³/mol. The van der Waals surface area contributed by atoms with E-state index in [0.29, 0.717) is 62.5 Å². The lowest BCUT2D eigenvalue weighted by Gasteiger charge is -2.63. The van der Waals surface area contributed by atoms with Gasteiger partial charge in [0, 0.05) is 42.3 Å². The summed E-state index contributed by atoms with van der Waals surface area (Å²) in [5, 5.41) is 47.0. The Hall–Kier alpha value is -3.98. The maximum atomic E-state index is 14.0. The standard InChI is InChI=1S/C55H74N2O9/c1-7-22-55(65)24-21-42-39-15-11-33-25-36(58)14-16-38(33)49(39)40(29-53(42,55)4)32-9-12-35(13-10-32)57(6)47(61)30-56-51(64)66-46-28-44-50(45(60)27-34-26-37(59)20-23-52(34,44)3)43-18-17-41(54(43,46)5)31(2)8-19-48(62)63/h9-10,12-13,25,31,34,37,39-46,50,59-60,65H,8,11,14-21,23-24,26-30H2,1-6H3,(H,56,64)(H,62,63)/t31-,34+,37-,39+,40-,41-,42+,43+,44+,45-,46+,50+,52+,53+,54-,55+/m1/s1. The van der Waals surface area contributed by atoms with Gasteiger partial charge >= 0.3 is 12.1 Å². The summed E-state index contributed by atoms with van der Waals surface area (Å²) in [6.07, 6.45) is 11.1. The molecule has 9 rings (SSSR count). The molecule has 0 aliphatic heterocycles. The Labute approximate surface area is 391 Å². The Kier molecular flexibility index (Phi) is 12.5. The van der Waals surface area contributed by atoms with E-state index in [2.05, 4.69) is 57.0 Å². The van der Waals surface area contributed by atoms with Crippen molar-refractivity contribution in [3.8, 4) is 11.8 Å². The smallest absolute Gasteiger partial charge is 0.407 e. The van der Waals surface area contributed by atoms with E-state index in [1.54, 1.807) is 18.9 Å². The lowest BCUT2D eigenvalue weighted by atomic mass is 9.43. The van der Waals surface area contributed by atoms with E-state index < -0.39 is 40.7 Å². The summed E-state index contributed by atoms with van der Waals surface area (Å²) in [5.41, 5.74) is 3.66. The van der Waals surface area contributed by atoms with Gasteiger partial charge in [0.1, 0.15) is 18.2 Å². The number of ketones is 1. The maximum Gasteiger partial charge on any atom is 0.407 e. The number of nitrogens with one attached hydrogen (secondary N) is 1. The zero-order valence-corrected chi connectivity index (χ0v) is 40.1. The number of benzene rings is 1. The lowest BCUT2D eigenvalue weighted by molar-refractivity contribution is -0.206. The van der Waals surface area contributed by atoms with Gasteiger partial charge in [0.25, 0.3) is 0 Å². The number of carboxylic acid groups (broad SMARTS) is 1. The second-order valence-electron chi connectivity index (χ2n) is 23.0. The minimum Gasteiger partial charge on any atom is -0.481 e. The van der Waals surface area contributed by atoms with E-state index in [1.165, 1.54) is 16.7 Å². The molecule has 0 saturated heterocycles. The Morgan fingerprint density at radius 2 is 1.70 bits per heavy atom. The van der Waals surface area contributed by atoms with Gasteiger partial charge in [-0.05, 0) is 184 Å². The highest BCUT2D eigenvalue weighted by atomic mass is 16.6. The van der Waals surface area contributed by atoms with Crippen molar-refractivity contribution in [3.63, 3.8) is 0 Å². The summed E-state index contributed by atoms with van der Waals surface area (Å²) in [6, 6.07) is 8.10. The first kappa shape index (κ1) is 47.1. The lowest BCUT2D eigenvalue weighted by Crippen LogP contribution is -2.63. The largest absolute Gasteiger partial charge is 0.481 e. The molecular formula is C55H74N2O9. The summed E-state index contributed by atoms with van der Waals surface area (Å²) < 4.78 is 6.50. The van der Waals surface area contributed by atoms with Gasteiger partial charge in [-0.25, -0.2) is 4.79 Å². The van der Waals surface area contributed by atoms with E-state index in [1.807, 2.05) is 18.2 Å². The summed E-state index contributed by atoms with van der Waals surface area (Å²) >= 11 is 0. The zero-order valence-electron chi connectivity index (χ0n) is 40.1. The van der Waals surface area contributed by atoms with Crippen molar-refractivity contribution < 1.29 is 44.3 Å². The van der Waals surface area contributed by atoms with E-state index in [0.717, 1.165) is 56.9 Å². The summed E-state index contributed by atoms with van der Waals surface area (Å²) in [4.78, 5) is 53.6. The number of anilines is 1. The first-order valence-electron chi connectivity index (χ1n) is 25.3. The molecule has 6 saturated carbocycles. The van der Waals surface area contributed by atoms with Crippen LogP contribution in [-0.2, 0) is 19.1 Å². The van der Waals surface area contributed by atoms with Crippen molar-refractivity contribution in [2.24, 2.45) is 63.6 Å². The fraction of sp³-hybridized carbons (Fsp3) is 0.709. The van der Waals surface area contributed by atoms with Crippen LogP contribution in [0.2, 0.25) is 0 Å². The van der Waals surface area contributed by atoms with Gasteiger partial charge < -0.3 is 35.4 Å². The minimum atomic E-state index is -1.07. The first-order chi connectivity index (χ1) is 31.3. The number of carbonyl (C=O) groups is 4. The Balaban J connectivity index is 0.918. The number of alkyl carbamates (subject to hydrolysis) is 1. The highest BCUT2D eigenvalue weighted by Gasteiger charge is 2.67. The quantitative estimate of drug-likeness (QED) is 0.152. The number of aliphatic hydroxyl groups is 3. The van der Waals surface area contributed by atoms with Crippen molar-refractivity contribution in [2.45, 2.75) is 167 Å². The molecule has 16 atom stereocenters. The van der Waals surface area contributed by atoms with Gasteiger partial charge in [-0.3, -0.25) is 14.4 Å². The van der Waals surface area contributed by atoms with Crippen molar-refractivity contribution in [2.75, 3.05) is 18.5 Å². The molecule has 5 N–H and O–H groups in total. The Bertz CT molecular complexity index is 2240. The molecule has 11 nitrogen and oxygen atoms in total. The van der Waals surface area contributed by atoms with Crippen molar-refractivity contribution >= 4 is 29.4 Å². The molecule has 358 valence electrons. The van der Waals surface area contributed by atoms with Gasteiger partial charge in [-0.2, -0.15) is 0 Å². The number of nitrogens with zero attached hydrogens (tertiary/aromatic N) is 1. The van der Waals surface area contributed by atoms with Crippen molar-refractivity contribution in [1.29, 1.82) is 0 Å². The number of aliphatic carboxylic acids is 1. The molecule has 66 heavy (non-hydrogen) atoms. The number of aliphatic hydroxyl groups excluding tert-OH is 2. The van der Waals surface area contributed by atoms with Crippen molar-refractivity contribution in [1.82, 2.24) is 5.32 Å². The summed E-state index contributed by atoms with van der Waals surface area (Å²) in [6.45, 7) is 10.4. The van der Waals surface area contributed by atoms with E-state index in [4.69, 9.17) is 4.74 Å². The molecule has 1 aromatic carbocycles. The van der Waals surface area contributed by atoms with Crippen LogP contribution in [0.25, 0.3) is 0 Å². The second-order valence-corrected chi connectivity index (χ2v) is 23.0. The number of hydrogen-bond acceptors (Lipinski definition) is 8. The van der Waals surface area contributed by atoms with E-state index in [9.17, 15) is 39.6 Å². The number of fused-ring (bicyclic) bond motifs is 9. The number of ether oxygens (including phenoxy) is 1. The molecular weight excluding hydrogens is 833 g/mol. The Morgan fingerprint density at radius 3 is 2.42 bits per heavy atom. The van der Waals surface area contributed by atoms with Gasteiger partial charge in [0.15, 0.2) is 5.78 Å². The third-order valence-electron chi connectivity index (χ3n) is 20.2. The molecule has 2 amide bonds. The fourth-order valence-electron chi connectivity index (χ4n) is 16.7. The molecule has 0 heterocycles. The molecule has 8 aliphatic carbocycles. The van der Waals surface area contributed by atoms with E-state index >= 15 is 0 Å². The molecule has 0 aromatic heterocycles. The number of rotatable bonds is 9. The highest BCUT2D eigenvalue weighted by molar-refractivity contribution is 5.95. The molecule has 8 aliphatic rings.